The number of thioether (sulfide) groups is 1. The minimum Gasteiger partial charge on any atom is -0.393 e. The van der Waals surface area contributed by atoms with Gasteiger partial charge in [-0.1, -0.05) is 6.92 Å². The molecular formula is C13H27NOS. The van der Waals surface area contributed by atoms with Gasteiger partial charge in [0.25, 0.3) is 0 Å². The quantitative estimate of drug-likeness (QED) is 0.805. The molecule has 0 bridgehead atoms. The summed E-state index contributed by atoms with van der Waals surface area (Å²) in [6.07, 6.45) is 5.47. The third-order valence-electron chi connectivity index (χ3n) is 3.89. The van der Waals surface area contributed by atoms with Gasteiger partial charge >= 0.3 is 0 Å². The topological polar surface area (TPSA) is 23.5 Å². The van der Waals surface area contributed by atoms with E-state index in [9.17, 15) is 5.11 Å². The van der Waals surface area contributed by atoms with Crippen LogP contribution in [-0.4, -0.2) is 47.8 Å². The number of rotatable bonds is 5. The van der Waals surface area contributed by atoms with Gasteiger partial charge < -0.3 is 10.0 Å². The average Bonchev–Trinajstić information content (AvgIpc) is 2.23. The molecule has 1 fully saturated rings. The Bertz CT molecular complexity index is 200. The van der Waals surface area contributed by atoms with Crippen molar-refractivity contribution in [2.45, 2.75) is 45.3 Å². The maximum atomic E-state index is 10.0. The summed E-state index contributed by atoms with van der Waals surface area (Å²) < 4.78 is 0. The van der Waals surface area contributed by atoms with Crippen molar-refractivity contribution in [2.24, 2.45) is 11.8 Å². The van der Waals surface area contributed by atoms with Crippen LogP contribution in [0.3, 0.4) is 0 Å². The zero-order valence-electron chi connectivity index (χ0n) is 11.1. The molecule has 0 aromatic carbocycles. The Morgan fingerprint density at radius 2 is 2.12 bits per heavy atom. The first-order valence-electron chi connectivity index (χ1n) is 6.41. The summed E-state index contributed by atoms with van der Waals surface area (Å²) >= 11 is 1.90. The van der Waals surface area contributed by atoms with Crippen LogP contribution in [0.15, 0.2) is 0 Å². The van der Waals surface area contributed by atoms with Crippen LogP contribution < -0.4 is 0 Å². The third-order valence-corrected chi connectivity index (χ3v) is 4.70. The predicted molar refractivity (Wildman–Crippen MR) is 73.0 cm³/mol. The first-order chi connectivity index (χ1) is 7.54. The minimum absolute atomic E-state index is 0.0693. The number of nitrogens with zero attached hydrogens (tertiary/aromatic N) is 1. The summed E-state index contributed by atoms with van der Waals surface area (Å²) in [6, 6.07) is 0.611. The molecule has 1 N–H and O–H groups in total. The van der Waals surface area contributed by atoms with Gasteiger partial charge in [-0.25, -0.2) is 0 Å². The van der Waals surface area contributed by atoms with Crippen LogP contribution in [0.5, 0.6) is 0 Å². The van der Waals surface area contributed by atoms with Crippen molar-refractivity contribution in [3.63, 3.8) is 0 Å². The highest BCUT2D eigenvalue weighted by Gasteiger charge is 2.28. The minimum atomic E-state index is -0.0693. The van der Waals surface area contributed by atoms with Crippen molar-refractivity contribution in [1.82, 2.24) is 4.90 Å². The van der Waals surface area contributed by atoms with Crippen molar-refractivity contribution in [3.05, 3.63) is 0 Å². The lowest BCUT2D eigenvalue weighted by molar-refractivity contribution is 0.0306. The van der Waals surface area contributed by atoms with Crippen LogP contribution in [0.2, 0.25) is 0 Å². The molecule has 1 aliphatic rings. The van der Waals surface area contributed by atoms with E-state index >= 15 is 0 Å². The van der Waals surface area contributed by atoms with E-state index < -0.39 is 0 Å². The molecule has 16 heavy (non-hydrogen) atoms. The van der Waals surface area contributed by atoms with E-state index in [1.165, 1.54) is 18.6 Å². The van der Waals surface area contributed by atoms with Gasteiger partial charge in [-0.3, -0.25) is 0 Å². The Morgan fingerprint density at radius 3 is 2.75 bits per heavy atom. The fourth-order valence-corrected chi connectivity index (χ4v) is 3.33. The predicted octanol–water partition coefficient (Wildman–Crippen LogP) is 2.47. The lowest BCUT2D eigenvalue weighted by Crippen LogP contribution is -2.41. The molecule has 0 aromatic heterocycles. The normalized spacial score (nSPS) is 33.0. The van der Waals surface area contributed by atoms with Gasteiger partial charge in [-0.15, -0.1) is 0 Å². The zero-order valence-corrected chi connectivity index (χ0v) is 12.0. The van der Waals surface area contributed by atoms with Crippen LogP contribution in [0, 0.1) is 11.8 Å². The first-order valence-corrected chi connectivity index (χ1v) is 7.81. The maximum absolute atomic E-state index is 10.0. The van der Waals surface area contributed by atoms with Crippen LogP contribution in [0.25, 0.3) is 0 Å². The maximum Gasteiger partial charge on any atom is 0.0580 e. The summed E-state index contributed by atoms with van der Waals surface area (Å²) in [6.45, 7) is 5.63. The molecule has 1 saturated carbocycles. The Labute approximate surface area is 105 Å². The second-order valence-corrected chi connectivity index (χ2v) is 6.40. The molecule has 4 unspecified atom stereocenters. The fourth-order valence-electron chi connectivity index (χ4n) is 2.60. The Morgan fingerprint density at radius 1 is 1.44 bits per heavy atom. The van der Waals surface area contributed by atoms with Crippen LogP contribution in [0.4, 0.5) is 0 Å². The van der Waals surface area contributed by atoms with E-state index in [4.69, 9.17) is 0 Å². The highest BCUT2D eigenvalue weighted by Crippen LogP contribution is 2.29. The van der Waals surface area contributed by atoms with Crippen molar-refractivity contribution < 1.29 is 5.11 Å². The molecule has 2 nitrogen and oxygen atoms in total. The standard InChI is InChI=1S/C13H27NOS/c1-10-5-6-13(15)12(7-10)8-14(3)11(2)9-16-4/h10-13,15H,5-9H2,1-4H3. The number of hydrogen-bond acceptors (Lipinski definition) is 3. The van der Waals surface area contributed by atoms with Crippen LogP contribution >= 0.6 is 11.8 Å². The van der Waals surface area contributed by atoms with Crippen LogP contribution in [0.1, 0.15) is 33.1 Å². The van der Waals surface area contributed by atoms with E-state index in [0.29, 0.717) is 12.0 Å². The molecule has 1 rings (SSSR count). The molecule has 0 radical (unpaired) electrons. The van der Waals surface area contributed by atoms with Gasteiger partial charge in [0.1, 0.15) is 0 Å². The molecule has 96 valence electrons. The SMILES string of the molecule is CSCC(C)N(C)CC1CC(C)CCC1O. The second-order valence-electron chi connectivity index (χ2n) is 5.49. The fraction of sp³-hybridized carbons (Fsp3) is 1.00. The first kappa shape index (κ1) is 14.3. The van der Waals surface area contributed by atoms with Gasteiger partial charge in [-0.05, 0) is 51.3 Å². The zero-order chi connectivity index (χ0) is 12.1. The second kappa shape index (κ2) is 6.87. The molecule has 0 aliphatic heterocycles. The molecule has 0 spiro atoms. The highest BCUT2D eigenvalue weighted by atomic mass is 32.2. The Kier molecular flexibility index (Phi) is 6.16. The van der Waals surface area contributed by atoms with Crippen molar-refractivity contribution >= 4 is 11.8 Å². The molecule has 0 heterocycles. The molecular weight excluding hydrogens is 218 g/mol. The number of aliphatic hydroxyl groups excluding tert-OH is 1. The largest absolute Gasteiger partial charge is 0.393 e. The van der Waals surface area contributed by atoms with Gasteiger partial charge in [0, 0.05) is 18.3 Å². The summed E-state index contributed by atoms with van der Waals surface area (Å²) in [4.78, 5) is 2.41. The van der Waals surface area contributed by atoms with E-state index in [2.05, 4.69) is 32.1 Å². The van der Waals surface area contributed by atoms with E-state index in [1.54, 1.807) is 0 Å². The number of aliphatic hydroxyl groups is 1. The summed E-state index contributed by atoms with van der Waals surface area (Å²) in [5.41, 5.74) is 0. The monoisotopic (exact) mass is 245 g/mol. The smallest absolute Gasteiger partial charge is 0.0580 e. The average molecular weight is 245 g/mol. The number of hydrogen-bond donors (Lipinski definition) is 1. The van der Waals surface area contributed by atoms with Gasteiger partial charge in [0.2, 0.25) is 0 Å². The van der Waals surface area contributed by atoms with Gasteiger partial charge in [-0.2, -0.15) is 11.8 Å². The molecule has 0 amide bonds. The summed E-state index contributed by atoms with van der Waals surface area (Å²) in [5.74, 6) is 2.45. The van der Waals surface area contributed by atoms with Crippen molar-refractivity contribution in [2.75, 3.05) is 25.6 Å². The summed E-state index contributed by atoms with van der Waals surface area (Å²) in [5, 5.41) is 10.0. The molecule has 4 atom stereocenters. The van der Waals surface area contributed by atoms with E-state index in [1.807, 2.05) is 11.8 Å². The summed E-state index contributed by atoms with van der Waals surface area (Å²) in [7, 11) is 2.19. The van der Waals surface area contributed by atoms with Gasteiger partial charge in [0.05, 0.1) is 6.10 Å². The Hall–Kier alpha value is 0.270. The van der Waals surface area contributed by atoms with E-state index in [0.717, 1.165) is 18.9 Å². The molecule has 3 heteroatoms. The van der Waals surface area contributed by atoms with Gasteiger partial charge in [0.15, 0.2) is 0 Å². The van der Waals surface area contributed by atoms with Crippen LogP contribution in [-0.2, 0) is 0 Å². The lowest BCUT2D eigenvalue weighted by Gasteiger charge is -2.36. The Balaban J connectivity index is 2.39. The van der Waals surface area contributed by atoms with Crippen molar-refractivity contribution in [1.29, 1.82) is 0 Å². The highest BCUT2D eigenvalue weighted by molar-refractivity contribution is 7.98. The molecule has 1 aliphatic carbocycles. The van der Waals surface area contributed by atoms with Crippen molar-refractivity contribution in [3.8, 4) is 0 Å². The van der Waals surface area contributed by atoms with E-state index in [-0.39, 0.29) is 6.10 Å². The lowest BCUT2D eigenvalue weighted by atomic mass is 9.80. The molecule has 0 aromatic rings. The third kappa shape index (κ3) is 4.27. The molecule has 0 saturated heterocycles.